The normalized spacial score (nSPS) is 22.4. The summed E-state index contributed by atoms with van der Waals surface area (Å²) in [6, 6.07) is 11.7. The van der Waals surface area contributed by atoms with E-state index in [4.69, 9.17) is 9.47 Å². The first-order chi connectivity index (χ1) is 15.7. The van der Waals surface area contributed by atoms with Crippen LogP contribution >= 0.6 is 0 Å². The minimum Gasteiger partial charge on any atom is -0.496 e. The van der Waals surface area contributed by atoms with Gasteiger partial charge in [0, 0.05) is 31.5 Å². The summed E-state index contributed by atoms with van der Waals surface area (Å²) in [5.41, 5.74) is 2.85. The largest absolute Gasteiger partial charge is 0.496 e. The molecule has 2 N–H and O–H groups in total. The topological polar surface area (TPSA) is 83.9 Å². The van der Waals surface area contributed by atoms with E-state index in [-0.39, 0.29) is 30.6 Å². The van der Waals surface area contributed by atoms with Gasteiger partial charge >= 0.3 is 0 Å². The van der Waals surface area contributed by atoms with Crippen LogP contribution < -0.4 is 10.1 Å². The van der Waals surface area contributed by atoms with Crippen LogP contribution in [0.3, 0.4) is 0 Å². The molecule has 0 bridgehead atoms. The van der Waals surface area contributed by atoms with Crippen molar-refractivity contribution in [2.75, 3.05) is 26.8 Å². The Hall–Kier alpha value is -2.48. The van der Waals surface area contributed by atoms with Gasteiger partial charge in [-0.25, -0.2) is 0 Å². The maximum absolute atomic E-state index is 12.9. The highest BCUT2D eigenvalue weighted by molar-refractivity contribution is 5.81. The molecule has 32 heavy (non-hydrogen) atoms. The van der Waals surface area contributed by atoms with Gasteiger partial charge in [-0.2, -0.15) is 0 Å². The van der Waals surface area contributed by atoms with Gasteiger partial charge in [0.05, 0.1) is 25.5 Å². The van der Waals surface area contributed by atoms with E-state index >= 15 is 0 Å². The molecule has 0 unspecified atom stereocenters. The molecule has 3 heterocycles. The lowest BCUT2D eigenvalue weighted by molar-refractivity contribution is -0.131. The van der Waals surface area contributed by atoms with Gasteiger partial charge in [0.2, 0.25) is 5.91 Å². The number of hydrogen-bond acceptors (Lipinski definition) is 6. The summed E-state index contributed by atoms with van der Waals surface area (Å²) in [7, 11) is 1.62. The molecule has 2 aromatic rings. The molecule has 0 saturated carbocycles. The van der Waals surface area contributed by atoms with Gasteiger partial charge in [0.25, 0.3) is 0 Å². The highest BCUT2D eigenvalue weighted by Crippen LogP contribution is 2.31. The van der Waals surface area contributed by atoms with Crippen molar-refractivity contribution in [2.24, 2.45) is 5.92 Å². The Morgan fingerprint density at radius 2 is 2.22 bits per heavy atom. The van der Waals surface area contributed by atoms with Gasteiger partial charge in [-0.05, 0) is 68.0 Å². The standard InChI is InChI=1S/C25H33N3O4/c1-31-22-10-9-18(14-20(22)17-29)15-28-12-4-6-19(16-28)24(21-7-2-3-11-26-21)27-25(30)23-8-5-13-32-23/h2-3,7,9-11,14,19,23-24,29H,4-6,8,12-13,15-17H2,1H3,(H,27,30)/t19-,23+,24+/m0/s1. The average molecular weight is 440 g/mol. The van der Waals surface area contributed by atoms with E-state index < -0.39 is 0 Å². The number of aromatic nitrogens is 1. The number of carbonyl (C=O) groups is 1. The van der Waals surface area contributed by atoms with Crippen molar-refractivity contribution in [3.05, 3.63) is 59.4 Å². The van der Waals surface area contributed by atoms with Crippen molar-refractivity contribution in [2.45, 2.75) is 51.0 Å². The highest BCUT2D eigenvalue weighted by Gasteiger charge is 2.33. The number of rotatable bonds is 8. The summed E-state index contributed by atoms with van der Waals surface area (Å²) in [6.07, 6.45) is 5.25. The monoisotopic (exact) mass is 439 g/mol. The SMILES string of the molecule is COc1ccc(CN2CCC[C@H]([C@@H](NC(=O)[C@H]3CCCO3)c3ccccn3)C2)cc1CO. The first-order valence-corrected chi connectivity index (χ1v) is 11.5. The molecule has 1 aromatic carbocycles. The molecular formula is C25H33N3O4. The van der Waals surface area contributed by atoms with Crippen molar-refractivity contribution in [1.82, 2.24) is 15.2 Å². The second-order valence-corrected chi connectivity index (χ2v) is 8.68. The Balaban J connectivity index is 1.47. The fourth-order valence-electron chi connectivity index (χ4n) is 4.84. The highest BCUT2D eigenvalue weighted by atomic mass is 16.5. The third-order valence-corrected chi connectivity index (χ3v) is 6.46. The number of aliphatic hydroxyl groups excluding tert-OH is 1. The van der Waals surface area contributed by atoms with Crippen LogP contribution in [0.15, 0.2) is 42.6 Å². The predicted molar refractivity (Wildman–Crippen MR) is 121 cm³/mol. The van der Waals surface area contributed by atoms with Crippen LogP contribution in [-0.2, 0) is 22.7 Å². The number of carbonyl (C=O) groups excluding carboxylic acids is 1. The van der Waals surface area contributed by atoms with Crippen LogP contribution in [0, 0.1) is 5.92 Å². The van der Waals surface area contributed by atoms with Gasteiger partial charge in [0.1, 0.15) is 11.9 Å². The zero-order chi connectivity index (χ0) is 22.3. The molecule has 2 aliphatic heterocycles. The van der Waals surface area contributed by atoms with Crippen LogP contribution in [0.4, 0.5) is 0 Å². The molecule has 0 radical (unpaired) electrons. The number of methoxy groups -OCH3 is 1. The number of aliphatic hydroxyl groups is 1. The fourth-order valence-corrected chi connectivity index (χ4v) is 4.84. The molecule has 2 saturated heterocycles. The Labute approximate surface area is 189 Å². The summed E-state index contributed by atoms with van der Waals surface area (Å²) < 4.78 is 10.9. The Morgan fingerprint density at radius 3 is 2.94 bits per heavy atom. The second kappa shape index (κ2) is 10.9. The van der Waals surface area contributed by atoms with E-state index in [1.54, 1.807) is 13.3 Å². The number of benzene rings is 1. The van der Waals surface area contributed by atoms with E-state index in [9.17, 15) is 9.90 Å². The number of ether oxygens (including phenoxy) is 2. The number of nitrogens with zero attached hydrogens (tertiary/aromatic N) is 2. The van der Waals surface area contributed by atoms with Gasteiger partial charge in [-0.15, -0.1) is 0 Å². The zero-order valence-corrected chi connectivity index (χ0v) is 18.7. The van der Waals surface area contributed by atoms with Crippen molar-refractivity contribution in [3.8, 4) is 5.75 Å². The lowest BCUT2D eigenvalue weighted by Gasteiger charge is -2.37. The predicted octanol–water partition coefficient (Wildman–Crippen LogP) is 2.83. The van der Waals surface area contributed by atoms with Gasteiger partial charge in [-0.1, -0.05) is 12.1 Å². The number of nitrogens with one attached hydrogen (secondary N) is 1. The first kappa shape index (κ1) is 22.7. The van der Waals surface area contributed by atoms with Crippen molar-refractivity contribution < 1.29 is 19.4 Å². The first-order valence-electron chi connectivity index (χ1n) is 11.5. The Morgan fingerprint density at radius 1 is 1.31 bits per heavy atom. The van der Waals surface area contributed by atoms with E-state index in [2.05, 4.69) is 21.3 Å². The third kappa shape index (κ3) is 5.46. The van der Waals surface area contributed by atoms with Crippen LogP contribution in [0.5, 0.6) is 5.75 Å². The summed E-state index contributed by atoms with van der Waals surface area (Å²) in [6.45, 7) is 3.28. The Kier molecular flexibility index (Phi) is 7.73. The minimum absolute atomic E-state index is 0.0296. The van der Waals surface area contributed by atoms with Crippen LogP contribution in [0.2, 0.25) is 0 Å². The number of piperidine rings is 1. The number of pyridine rings is 1. The smallest absolute Gasteiger partial charge is 0.249 e. The van der Waals surface area contributed by atoms with E-state index in [1.165, 1.54) is 0 Å². The van der Waals surface area contributed by atoms with Crippen LogP contribution in [0.25, 0.3) is 0 Å². The molecule has 2 aliphatic rings. The summed E-state index contributed by atoms with van der Waals surface area (Å²) in [4.78, 5) is 19.9. The molecular weight excluding hydrogens is 406 g/mol. The molecule has 0 spiro atoms. The van der Waals surface area contributed by atoms with Crippen molar-refractivity contribution >= 4 is 5.91 Å². The van der Waals surface area contributed by atoms with E-state index in [0.29, 0.717) is 12.4 Å². The third-order valence-electron chi connectivity index (χ3n) is 6.46. The Bertz CT molecular complexity index is 886. The maximum Gasteiger partial charge on any atom is 0.249 e. The molecule has 2 fully saturated rings. The molecule has 172 valence electrons. The number of amides is 1. The van der Waals surface area contributed by atoms with E-state index in [0.717, 1.165) is 62.1 Å². The van der Waals surface area contributed by atoms with Crippen LogP contribution in [-0.4, -0.2) is 53.8 Å². The zero-order valence-electron chi connectivity index (χ0n) is 18.7. The summed E-state index contributed by atoms with van der Waals surface area (Å²) >= 11 is 0. The molecule has 4 rings (SSSR count). The number of likely N-dealkylation sites (tertiary alicyclic amines) is 1. The molecule has 0 aliphatic carbocycles. The fraction of sp³-hybridized carbons (Fsp3) is 0.520. The summed E-state index contributed by atoms with van der Waals surface area (Å²) in [5, 5.41) is 12.9. The molecule has 7 nitrogen and oxygen atoms in total. The van der Waals surface area contributed by atoms with E-state index in [1.807, 2.05) is 30.3 Å². The second-order valence-electron chi connectivity index (χ2n) is 8.68. The molecule has 1 amide bonds. The maximum atomic E-state index is 12.9. The quantitative estimate of drug-likeness (QED) is 0.658. The molecule has 3 atom stereocenters. The molecule has 7 heteroatoms. The lowest BCUT2D eigenvalue weighted by Crippen LogP contribution is -2.45. The van der Waals surface area contributed by atoms with Gasteiger partial charge in [0.15, 0.2) is 0 Å². The average Bonchev–Trinajstić information content (AvgIpc) is 3.38. The number of hydrogen-bond donors (Lipinski definition) is 2. The summed E-state index contributed by atoms with van der Waals surface area (Å²) in [5.74, 6) is 0.942. The minimum atomic E-state index is -0.350. The van der Waals surface area contributed by atoms with Gasteiger partial charge in [-0.3, -0.25) is 14.7 Å². The van der Waals surface area contributed by atoms with Crippen molar-refractivity contribution in [3.63, 3.8) is 0 Å². The van der Waals surface area contributed by atoms with Crippen LogP contribution in [0.1, 0.15) is 48.5 Å². The van der Waals surface area contributed by atoms with Gasteiger partial charge < -0.3 is 19.9 Å². The van der Waals surface area contributed by atoms with Crippen molar-refractivity contribution in [1.29, 1.82) is 0 Å². The lowest BCUT2D eigenvalue weighted by atomic mass is 9.88. The molecule has 1 aromatic heterocycles.